The van der Waals surface area contributed by atoms with Gasteiger partial charge in [0.05, 0.1) is 18.6 Å². The molecule has 0 aliphatic carbocycles. The summed E-state index contributed by atoms with van der Waals surface area (Å²) in [5, 5.41) is 9.98. The number of para-hydroxylation sites is 1. The highest BCUT2D eigenvalue weighted by molar-refractivity contribution is 5.76. The summed E-state index contributed by atoms with van der Waals surface area (Å²) in [5.41, 5.74) is -1.12. The van der Waals surface area contributed by atoms with Crippen molar-refractivity contribution in [1.82, 2.24) is 4.90 Å². The van der Waals surface area contributed by atoms with E-state index in [2.05, 4.69) is 0 Å². The molecule has 0 saturated carbocycles. The molecule has 1 N–H and O–H groups in total. The van der Waals surface area contributed by atoms with Gasteiger partial charge in [-0.15, -0.1) is 0 Å². The number of likely N-dealkylation sites (tertiary alicyclic amines) is 1. The smallest absolute Gasteiger partial charge is 0.416 e. The average Bonchev–Trinajstić information content (AvgIpc) is 2.74. The van der Waals surface area contributed by atoms with E-state index >= 15 is 0 Å². The van der Waals surface area contributed by atoms with Crippen molar-refractivity contribution >= 4 is 5.91 Å². The highest BCUT2D eigenvalue weighted by atomic mass is 19.4. The SMILES string of the molecule is O=C(CCOc1ccccc1)N1CCC(CO)(Cc2ccccc2C(F)(F)F)CC1. The summed E-state index contributed by atoms with van der Waals surface area (Å²) in [7, 11) is 0. The first-order valence-electron chi connectivity index (χ1n) is 10.0. The Balaban J connectivity index is 1.55. The average molecular weight is 421 g/mol. The number of alkyl halides is 3. The summed E-state index contributed by atoms with van der Waals surface area (Å²) >= 11 is 0. The standard InChI is InChI=1S/C23H26F3NO3/c24-23(25,26)20-9-5-4-6-18(20)16-22(17-28)11-13-27(14-12-22)21(29)10-15-30-19-7-2-1-3-8-19/h1-9,28H,10-17H2. The van der Waals surface area contributed by atoms with Crippen molar-refractivity contribution in [2.24, 2.45) is 5.41 Å². The minimum absolute atomic E-state index is 0.0480. The maximum absolute atomic E-state index is 13.3. The van der Waals surface area contributed by atoms with Crippen LogP contribution in [0.25, 0.3) is 0 Å². The van der Waals surface area contributed by atoms with E-state index in [1.165, 1.54) is 12.1 Å². The second kappa shape index (κ2) is 9.51. The summed E-state index contributed by atoms with van der Waals surface area (Å²) in [4.78, 5) is 14.2. The summed E-state index contributed by atoms with van der Waals surface area (Å²) in [5.74, 6) is 0.653. The van der Waals surface area contributed by atoms with Crippen LogP contribution in [0.3, 0.4) is 0 Å². The molecule has 2 aromatic rings. The van der Waals surface area contributed by atoms with Crippen LogP contribution in [0.15, 0.2) is 54.6 Å². The normalized spacial score (nSPS) is 16.3. The maximum Gasteiger partial charge on any atom is 0.416 e. The number of nitrogens with zero attached hydrogens (tertiary/aromatic N) is 1. The molecule has 0 bridgehead atoms. The van der Waals surface area contributed by atoms with Crippen molar-refractivity contribution < 1.29 is 27.8 Å². The number of hydrogen-bond acceptors (Lipinski definition) is 3. The van der Waals surface area contributed by atoms with E-state index in [4.69, 9.17) is 4.74 Å². The number of carbonyl (C=O) groups is 1. The van der Waals surface area contributed by atoms with Gasteiger partial charge in [0.1, 0.15) is 5.75 Å². The van der Waals surface area contributed by atoms with Crippen LogP contribution < -0.4 is 4.74 Å². The Morgan fingerprint density at radius 3 is 2.30 bits per heavy atom. The number of amides is 1. The van der Waals surface area contributed by atoms with Crippen molar-refractivity contribution in [3.8, 4) is 5.75 Å². The monoisotopic (exact) mass is 421 g/mol. The second-order valence-electron chi connectivity index (χ2n) is 7.78. The van der Waals surface area contributed by atoms with Crippen molar-refractivity contribution in [3.63, 3.8) is 0 Å². The van der Waals surface area contributed by atoms with Gasteiger partial charge in [0, 0.05) is 25.1 Å². The Morgan fingerprint density at radius 2 is 1.67 bits per heavy atom. The van der Waals surface area contributed by atoms with Crippen LogP contribution in [0.4, 0.5) is 13.2 Å². The fraction of sp³-hybridized carbons (Fsp3) is 0.435. The lowest BCUT2D eigenvalue weighted by atomic mass is 9.73. The van der Waals surface area contributed by atoms with Gasteiger partial charge < -0.3 is 14.7 Å². The van der Waals surface area contributed by atoms with Crippen LogP contribution in [-0.2, 0) is 17.4 Å². The predicted molar refractivity (Wildman–Crippen MR) is 107 cm³/mol. The zero-order valence-electron chi connectivity index (χ0n) is 16.7. The van der Waals surface area contributed by atoms with Crippen molar-refractivity contribution in [2.45, 2.75) is 31.9 Å². The number of halogens is 3. The van der Waals surface area contributed by atoms with Gasteiger partial charge >= 0.3 is 6.18 Å². The van der Waals surface area contributed by atoms with Gasteiger partial charge in [0.25, 0.3) is 0 Å². The lowest BCUT2D eigenvalue weighted by Gasteiger charge is -2.41. The highest BCUT2D eigenvalue weighted by Gasteiger charge is 2.39. The number of piperidine rings is 1. The van der Waals surface area contributed by atoms with Crippen molar-refractivity contribution in [1.29, 1.82) is 0 Å². The first kappa shape index (κ1) is 22.2. The van der Waals surface area contributed by atoms with E-state index in [1.807, 2.05) is 30.3 Å². The Hall–Kier alpha value is -2.54. The number of rotatable bonds is 7. The summed E-state index contributed by atoms with van der Waals surface area (Å²) in [6.07, 6.45) is -3.14. The molecule has 162 valence electrons. The first-order valence-corrected chi connectivity index (χ1v) is 10.0. The van der Waals surface area contributed by atoms with Gasteiger partial charge in [-0.2, -0.15) is 13.2 Å². The van der Waals surface area contributed by atoms with Gasteiger partial charge in [-0.25, -0.2) is 0 Å². The molecule has 7 heteroatoms. The molecule has 1 amide bonds. The van der Waals surface area contributed by atoms with Crippen molar-refractivity contribution in [2.75, 3.05) is 26.3 Å². The lowest BCUT2D eigenvalue weighted by Crippen LogP contribution is -2.46. The molecule has 2 aromatic carbocycles. The summed E-state index contributed by atoms with van der Waals surface area (Å²) < 4.78 is 45.5. The van der Waals surface area contributed by atoms with Crippen LogP contribution in [0.2, 0.25) is 0 Å². The van der Waals surface area contributed by atoms with E-state index in [0.29, 0.717) is 31.7 Å². The van der Waals surface area contributed by atoms with Crippen molar-refractivity contribution in [3.05, 3.63) is 65.7 Å². The third-order valence-electron chi connectivity index (χ3n) is 5.73. The summed E-state index contributed by atoms with van der Waals surface area (Å²) in [6.45, 7) is 0.889. The molecule has 3 rings (SSSR count). The fourth-order valence-corrected chi connectivity index (χ4v) is 3.91. The van der Waals surface area contributed by atoms with E-state index in [9.17, 15) is 23.1 Å². The summed E-state index contributed by atoms with van der Waals surface area (Å²) in [6, 6.07) is 14.7. The van der Waals surface area contributed by atoms with Crippen LogP contribution >= 0.6 is 0 Å². The molecule has 0 radical (unpaired) electrons. The number of benzene rings is 2. The van der Waals surface area contributed by atoms with Gasteiger partial charge in [-0.05, 0) is 43.0 Å². The quantitative estimate of drug-likeness (QED) is 0.725. The number of carbonyl (C=O) groups excluding carboxylic acids is 1. The fourth-order valence-electron chi connectivity index (χ4n) is 3.91. The molecule has 0 atom stereocenters. The van der Waals surface area contributed by atoms with Crippen LogP contribution in [-0.4, -0.2) is 42.2 Å². The molecule has 1 aliphatic rings. The highest BCUT2D eigenvalue weighted by Crippen LogP contribution is 2.39. The Bertz CT molecular complexity index is 831. The lowest BCUT2D eigenvalue weighted by molar-refractivity contribution is -0.138. The number of aliphatic hydroxyl groups is 1. The molecular weight excluding hydrogens is 395 g/mol. The predicted octanol–water partition coefficient (Wildman–Crippen LogP) is 4.32. The molecule has 4 nitrogen and oxygen atoms in total. The molecule has 0 spiro atoms. The Morgan fingerprint density at radius 1 is 1.03 bits per heavy atom. The van der Waals surface area contributed by atoms with Crippen LogP contribution in [0.5, 0.6) is 5.75 Å². The largest absolute Gasteiger partial charge is 0.493 e. The second-order valence-corrected chi connectivity index (χ2v) is 7.78. The third-order valence-corrected chi connectivity index (χ3v) is 5.73. The molecule has 1 fully saturated rings. The zero-order valence-corrected chi connectivity index (χ0v) is 16.7. The molecular formula is C23H26F3NO3. The minimum atomic E-state index is -4.43. The van der Waals surface area contributed by atoms with Crippen LogP contribution in [0.1, 0.15) is 30.4 Å². The van der Waals surface area contributed by atoms with E-state index in [0.717, 1.165) is 6.07 Å². The number of ether oxygens (including phenoxy) is 1. The Kier molecular flexibility index (Phi) is 7.02. The number of hydrogen-bond donors (Lipinski definition) is 1. The van der Waals surface area contributed by atoms with Gasteiger partial charge in [-0.3, -0.25) is 4.79 Å². The molecule has 1 aliphatic heterocycles. The number of aliphatic hydroxyl groups excluding tert-OH is 1. The molecule has 0 aromatic heterocycles. The van der Waals surface area contributed by atoms with E-state index in [-0.39, 0.29) is 37.5 Å². The molecule has 1 saturated heterocycles. The first-order chi connectivity index (χ1) is 14.3. The maximum atomic E-state index is 13.3. The van der Waals surface area contributed by atoms with Gasteiger partial charge in [-0.1, -0.05) is 36.4 Å². The van der Waals surface area contributed by atoms with Gasteiger partial charge in [0.15, 0.2) is 0 Å². The third kappa shape index (κ3) is 5.53. The zero-order chi connectivity index (χ0) is 21.6. The van der Waals surface area contributed by atoms with Gasteiger partial charge in [0.2, 0.25) is 5.91 Å². The van der Waals surface area contributed by atoms with E-state index < -0.39 is 17.2 Å². The minimum Gasteiger partial charge on any atom is -0.493 e. The van der Waals surface area contributed by atoms with Crippen LogP contribution in [0, 0.1) is 5.41 Å². The molecule has 0 unspecified atom stereocenters. The molecule has 30 heavy (non-hydrogen) atoms. The topological polar surface area (TPSA) is 49.8 Å². The van der Waals surface area contributed by atoms with E-state index in [1.54, 1.807) is 11.0 Å². The molecule has 1 heterocycles. The Labute approximate surface area is 174 Å².